The highest BCUT2D eigenvalue weighted by molar-refractivity contribution is 5.71. The van der Waals surface area contributed by atoms with Gasteiger partial charge in [0.05, 0.1) is 13.5 Å². The van der Waals surface area contributed by atoms with Crippen molar-refractivity contribution in [2.24, 2.45) is 0 Å². The molecule has 3 heteroatoms. The summed E-state index contributed by atoms with van der Waals surface area (Å²) in [5.74, 6) is -0.00527. The Morgan fingerprint density at radius 3 is 2.50 bits per heavy atom. The fourth-order valence-corrected chi connectivity index (χ4v) is 1.42. The highest BCUT2D eigenvalue weighted by Crippen LogP contribution is 2.22. The number of carbonyl (C=O) groups is 1. The van der Waals surface area contributed by atoms with E-state index < -0.39 is 5.97 Å². The maximum absolute atomic E-state index is 10.6. The van der Waals surface area contributed by atoms with Gasteiger partial charge in [-0.25, -0.2) is 0 Å². The normalized spacial score (nSPS) is 9.93. The molecule has 1 aromatic rings. The van der Waals surface area contributed by atoms with Crippen molar-refractivity contribution < 1.29 is 14.6 Å². The van der Waals surface area contributed by atoms with E-state index in [1.807, 2.05) is 26.0 Å². The first kappa shape index (κ1) is 10.6. The van der Waals surface area contributed by atoms with Crippen LogP contribution in [0.25, 0.3) is 0 Å². The van der Waals surface area contributed by atoms with Crippen molar-refractivity contribution in [3.63, 3.8) is 0 Å². The van der Waals surface area contributed by atoms with Crippen LogP contribution in [0.2, 0.25) is 0 Å². The fraction of sp³-hybridized carbons (Fsp3) is 0.364. The number of aliphatic carboxylic acids is 1. The Kier molecular flexibility index (Phi) is 3.12. The molecule has 14 heavy (non-hydrogen) atoms. The van der Waals surface area contributed by atoms with Gasteiger partial charge in [-0.2, -0.15) is 0 Å². The average molecular weight is 194 g/mol. The molecule has 0 aliphatic heterocycles. The zero-order valence-corrected chi connectivity index (χ0v) is 8.63. The topological polar surface area (TPSA) is 46.5 Å². The fourth-order valence-electron chi connectivity index (χ4n) is 1.42. The zero-order chi connectivity index (χ0) is 10.7. The minimum atomic E-state index is -0.808. The Labute approximate surface area is 83.3 Å². The molecule has 1 N–H and O–H groups in total. The summed E-state index contributed by atoms with van der Waals surface area (Å²) in [4.78, 5) is 10.6. The third kappa shape index (κ3) is 2.25. The highest BCUT2D eigenvalue weighted by atomic mass is 16.5. The molecule has 3 nitrogen and oxygen atoms in total. The molecule has 0 radical (unpaired) electrons. The Hall–Kier alpha value is -1.51. The molecule has 76 valence electrons. The summed E-state index contributed by atoms with van der Waals surface area (Å²) >= 11 is 0. The van der Waals surface area contributed by atoms with E-state index in [0.29, 0.717) is 0 Å². The Morgan fingerprint density at radius 1 is 1.36 bits per heavy atom. The van der Waals surface area contributed by atoms with Crippen LogP contribution in [0, 0.1) is 13.8 Å². The number of methoxy groups -OCH3 is 1. The first-order valence-electron chi connectivity index (χ1n) is 4.40. The van der Waals surface area contributed by atoms with Crippen LogP contribution in [0.5, 0.6) is 5.75 Å². The van der Waals surface area contributed by atoms with Gasteiger partial charge in [-0.1, -0.05) is 6.07 Å². The first-order chi connectivity index (χ1) is 6.54. The van der Waals surface area contributed by atoms with Crippen LogP contribution in [0.4, 0.5) is 0 Å². The molecule has 0 aliphatic rings. The number of carboxylic acids is 1. The van der Waals surface area contributed by atoms with Crippen LogP contribution >= 0.6 is 0 Å². The number of rotatable bonds is 3. The van der Waals surface area contributed by atoms with Crippen LogP contribution in [0.1, 0.15) is 16.7 Å². The number of carboxylic acid groups (broad SMARTS) is 1. The second kappa shape index (κ2) is 4.13. The molecule has 0 fully saturated rings. The van der Waals surface area contributed by atoms with E-state index in [9.17, 15) is 4.79 Å². The second-order valence-corrected chi connectivity index (χ2v) is 3.32. The lowest BCUT2D eigenvalue weighted by Crippen LogP contribution is -2.03. The van der Waals surface area contributed by atoms with Crippen molar-refractivity contribution in [3.8, 4) is 5.75 Å². The predicted molar refractivity (Wildman–Crippen MR) is 53.8 cm³/mol. The molecule has 0 aliphatic carbocycles. The standard InChI is InChI=1S/C11H14O3/c1-7-5-10(14-3)8(2)4-9(7)6-11(12)13/h4-5H,6H2,1-3H3,(H,12,13). The van der Waals surface area contributed by atoms with Gasteiger partial charge >= 0.3 is 5.97 Å². The molecular formula is C11H14O3. The number of benzene rings is 1. The summed E-state index contributed by atoms with van der Waals surface area (Å²) in [5, 5.41) is 8.68. The molecule has 0 bridgehead atoms. The van der Waals surface area contributed by atoms with E-state index in [4.69, 9.17) is 9.84 Å². The van der Waals surface area contributed by atoms with Crippen LogP contribution in [-0.4, -0.2) is 18.2 Å². The van der Waals surface area contributed by atoms with E-state index in [0.717, 1.165) is 22.4 Å². The minimum Gasteiger partial charge on any atom is -0.496 e. The van der Waals surface area contributed by atoms with E-state index >= 15 is 0 Å². The molecule has 0 heterocycles. The van der Waals surface area contributed by atoms with Gasteiger partial charge in [-0.3, -0.25) is 4.79 Å². The third-order valence-electron chi connectivity index (χ3n) is 2.20. The maximum Gasteiger partial charge on any atom is 0.307 e. The van der Waals surface area contributed by atoms with Crippen molar-refractivity contribution in [1.82, 2.24) is 0 Å². The van der Waals surface area contributed by atoms with Crippen molar-refractivity contribution in [1.29, 1.82) is 0 Å². The van der Waals surface area contributed by atoms with E-state index in [-0.39, 0.29) is 6.42 Å². The molecule has 1 rings (SSSR count). The summed E-state index contributed by atoms with van der Waals surface area (Å²) in [7, 11) is 1.61. The lowest BCUT2D eigenvalue weighted by atomic mass is 10.0. The molecule has 0 saturated heterocycles. The minimum absolute atomic E-state index is 0.0661. The highest BCUT2D eigenvalue weighted by Gasteiger charge is 2.07. The first-order valence-corrected chi connectivity index (χ1v) is 4.40. The van der Waals surface area contributed by atoms with Gasteiger partial charge in [-0.15, -0.1) is 0 Å². The van der Waals surface area contributed by atoms with E-state index in [1.54, 1.807) is 7.11 Å². The predicted octanol–water partition coefficient (Wildman–Crippen LogP) is 1.94. The average Bonchev–Trinajstić information content (AvgIpc) is 2.10. The van der Waals surface area contributed by atoms with Crippen LogP contribution in [0.3, 0.4) is 0 Å². The molecule has 0 aromatic heterocycles. The van der Waals surface area contributed by atoms with E-state index in [2.05, 4.69) is 0 Å². The smallest absolute Gasteiger partial charge is 0.307 e. The SMILES string of the molecule is COc1cc(C)c(CC(=O)O)cc1C. The molecular weight excluding hydrogens is 180 g/mol. The van der Waals surface area contributed by atoms with Crippen molar-refractivity contribution in [2.45, 2.75) is 20.3 Å². The number of hydrogen-bond acceptors (Lipinski definition) is 2. The Balaban J connectivity index is 3.08. The molecule has 1 aromatic carbocycles. The van der Waals surface area contributed by atoms with Gasteiger partial charge in [0.15, 0.2) is 0 Å². The lowest BCUT2D eigenvalue weighted by Gasteiger charge is -2.09. The number of aryl methyl sites for hydroxylation is 2. The van der Waals surface area contributed by atoms with Gasteiger partial charge in [0.2, 0.25) is 0 Å². The molecule has 0 saturated carbocycles. The van der Waals surface area contributed by atoms with Gasteiger partial charge in [0.1, 0.15) is 5.75 Å². The summed E-state index contributed by atoms with van der Waals surface area (Å²) in [6.45, 7) is 3.80. The molecule has 0 unspecified atom stereocenters. The summed E-state index contributed by atoms with van der Waals surface area (Å²) in [6, 6.07) is 3.73. The summed E-state index contributed by atoms with van der Waals surface area (Å²) in [5.41, 5.74) is 2.76. The molecule has 0 spiro atoms. The van der Waals surface area contributed by atoms with Gasteiger partial charge in [0.25, 0.3) is 0 Å². The van der Waals surface area contributed by atoms with Gasteiger partial charge in [0, 0.05) is 0 Å². The van der Waals surface area contributed by atoms with Crippen molar-refractivity contribution in [3.05, 3.63) is 28.8 Å². The maximum atomic E-state index is 10.6. The number of hydrogen-bond donors (Lipinski definition) is 1. The van der Waals surface area contributed by atoms with Crippen LogP contribution in [0.15, 0.2) is 12.1 Å². The second-order valence-electron chi connectivity index (χ2n) is 3.32. The number of ether oxygens (including phenoxy) is 1. The van der Waals surface area contributed by atoms with Crippen molar-refractivity contribution in [2.75, 3.05) is 7.11 Å². The lowest BCUT2D eigenvalue weighted by molar-refractivity contribution is -0.136. The van der Waals surface area contributed by atoms with Crippen LogP contribution in [-0.2, 0) is 11.2 Å². The van der Waals surface area contributed by atoms with Gasteiger partial charge in [-0.05, 0) is 36.6 Å². The molecule has 0 atom stereocenters. The Morgan fingerprint density at radius 2 is 2.00 bits per heavy atom. The van der Waals surface area contributed by atoms with Crippen molar-refractivity contribution >= 4 is 5.97 Å². The largest absolute Gasteiger partial charge is 0.496 e. The zero-order valence-electron chi connectivity index (χ0n) is 8.63. The summed E-state index contributed by atoms with van der Waals surface area (Å²) < 4.78 is 5.14. The molecule has 0 amide bonds. The van der Waals surface area contributed by atoms with Crippen LogP contribution < -0.4 is 4.74 Å². The monoisotopic (exact) mass is 194 g/mol. The van der Waals surface area contributed by atoms with E-state index in [1.165, 1.54) is 0 Å². The third-order valence-corrected chi connectivity index (χ3v) is 2.20. The quantitative estimate of drug-likeness (QED) is 0.799. The Bertz CT molecular complexity index is 356. The van der Waals surface area contributed by atoms with Gasteiger partial charge < -0.3 is 9.84 Å². The summed E-state index contributed by atoms with van der Waals surface area (Å²) in [6.07, 6.45) is 0.0661.